The maximum Gasteiger partial charge on any atom is 0.257 e. The number of rotatable bonds is 8. The normalized spacial score (nSPS) is 11.0. The van der Waals surface area contributed by atoms with Crippen LogP contribution >= 0.6 is 0 Å². The van der Waals surface area contributed by atoms with E-state index in [4.69, 9.17) is 14.2 Å². The largest absolute Gasteiger partial charge is 0.491 e. The number of carbonyl (C=O) groups is 1. The molecule has 3 aromatic heterocycles. The summed E-state index contributed by atoms with van der Waals surface area (Å²) < 4.78 is 46.3. The Labute approximate surface area is 233 Å². The average molecular weight is 559 g/mol. The van der Waals surface area contributed by atoms with Gasteiger partial charge in [-0.15, -0.1) is 0 Å². The van der Waals surface area contributed by atoms with Crippen LogP contribution < -0.4 is 19.6 Å². The summed E-state index contributed by atoms with van der Waals surface area (Å²) in [7, 11) is 4.53. The van der Waals surface area contributed by atoms with Crippen molar-refractivity contribution < 1.29 is 27.8 Å². The van der Waals surface area contributed by atoms with Crippen molar-refractivity contribution in [2.24, 2.45) is 7.05 Å². The van der Waals surface area contributed by atoms with Gasteiger partial charge < -0.3 is 14.2 Å². The third-order valence-electron chi connectivity index (χ3n) is 6.54. The SMILES string of the molecule is COc1cc2nccc(Oc3ccc(CC(=O)c4c(C)n(C)nc(-c5ccc(F)cc5)c4=O)cc3F)c2nc1OC. The van der Waals surface area contributed by atoms with E-state index in [1.54, 1.807) is 32.2 Å². The highest BCUT2D eigenvalue weighted by atomic mass is 19.1. The van der Waals surface area contributed by atoms with Crippen LogP contribution in [-0.4, -0.2) is 39.8 Å². The van der Waals surface area contributed by atoms with Crippen molar-refractivity contribution >= 4 is 16.8 Å². The second-order valence-electron chi connectivity index (χ2n) is 9.11. The van der Waals surface area contributed by atoms with Crippen molar-refractivity contribution in [3.63, 3.8) is 0 Å². The monoisotopic (exact) mass is 558 g/mol. The number of aromatic nitrogens is 4. The molecule has 0 N–H and O–H groups in total. The molecule has 2 aromatic carbocycles. The Bertz CT molecular complexity index is 1860. The molecule has 0 aliphatic heterocycles. The number of ether oxygens (including phenoxy) is 3. The Kier molecular flexibility index (Phi) is 7.43. The van der Waals surface area contributed by atoms with Crippen molar-refractivity contribution in [1.82, 2.24) is 19.7 Å². The zero-order valence-electron chi connectivity index (χ0n) is 22.6. The van der Waals surface area contributed by atoms with Gasteiger partial charge in [0.15, 0.2) is 28.8 Å². The highest BCUT2D eigenvalue weighted by Crippen LogP contribution is 2.34. The van der Waals surface area contributed by atoms with Gasteiger partial charge >= 0.3 is 0 Å². The first-order valence-corrected chi connectivity index (χ1v) is 12.4. The molecular weight excluding hydrogens is 534 g/mol. The van der Waals surface area contributed by atoms with Crippen LogP contribution in [0.4, 0.5) is 8.78 Å². The lowest BCUT2D eigenvalue weighted by atomic mass is 9.99. The van der Waals surface area contributed by atoms with Gasteiger partial charge in [0.05, 0.1) is 25.3 Å². The number of nitrogens with zero attached hydrogens (tertiary/aromatic N) is 4. The van der Waals surface area contributed by atoms with Gasteiger partial charge in [0, 0.05) is 43.1 Å². The Morgan fingerprint density at radius 3 is 2.39 bits per heavy atom. The van der Waals surface area contributed by atoms with Gasteiger partial charge in [-0.25, -0.2) is 13.8 Å². The summed E-state index contributed by atoms with van der Waals surface area (Å²) in [4.78, 5) is 35.2. The minimum absolute atomic E-state index is 0.0174. The van der Waals surface area contributed by atoms with E-state index in [9.17, 15) is 14.0 Å². The van der Waals surface area contributed by atoms with E-state index in [1.165, 1.54) is 61.5 Å². The van der Waals surface area contributed by atoms with Crippen LogP contribution in [0, 0.1) is 18.6 Å². The molecule has 0 amide bonds. The molecule has 11 heteroatoms. The Hall–Kier alpha value is -5.19. The summed E-state index contributed by atoms with van der Waals surface area (Å²) in [6.45, 7) is 1.60. The molecule has 0 atom stereocenters. The van der Waals surface area contributed by atoms with Crippen LogP contribution in [0.3, 0.4) is 0 Å². The predicted octanol–water partition coefficient (Wildman–Crippen LogP) is 5.21. The number of methoxy groups -OCH3 is 2. The highest BCUT2D eigenvalue weighted by molar-refractivity contribution is 5.99. The Balaban J connectivity index is 1.43. The van der Waals surface area contributed by atoms with Gasteiger partial charge in [-0.1, -0.05) is 6.07 Å². The number of carbonyl (C=O) groups excluding carboxylic acids is 1. The van der Waals surface area contributed by atoms with Gasteiger partial charge in [-0.3, -0.25) is 19.3 Å². The van der Waals surface area contributed by atoms with E-state index in [2.05, 4.69) is 15.1 Å². The van der Waals surface area contributed by atoms with E-state index < -0.39 is 22.8 Å². The molecule has 0 fully saturated rings. The Morgan fingerprint density at radius 1 is 0.951 bits per heavy atom. The summed E-state index contributed by atoms with van der Waals surface area (Å²) in [5.74, 6) is -0.944. The van der Waals surface area contributed by atoms with Crippen LogP contribution in [0.5, 0.6) is 23.1 Å². The number of fused-ring (bicyclic) bond motifs is 1. The van der Waals surface area contributed by atoms with Crippen LogP contribution in [0.1, 0.15) is 21.6 Å². The second-order valence-corrected chi connectivity index (χ2v) is 9.11. The van der Waals surface area contributed by atoms with Gasteiger partial charge in [0.1, 0.15) is 17.0 Å². The number of hydrogen-bond acceptors (Lipinski definition) is 8. The van der Waals surface area contributed by atoms with Crippen molar-refractivity contribution in [1.29, 1.82) is 0 Å². The third kappa shape index (κ3) is 5.33. The maximum absolute atomic E-state index is 15.2. The number of benzene rings is 2. The molecule has 0 spiro atoms. The molecule has 0 unspecified atom stereocenters. The fraction of sp³-hybridized carbons (Fsp3) is 0.167. The smallest absolute Gasteiger partial charge is 0.257 e. The fourth-order valence-electron chi connectivity index (χ4n) is 4.36. The highest BCUT2D eigenvalue weighted by Gasteiger charge is 2.22. The van der Waals surface area contributed by atoms with Gasteiger partial charge in [0.2, 0.25) is 5.43 Å². The molecule has 0 aliphatic rings. The topological polar surface area (TPSA) is 105 Å². The Morgan fingerprint density at radius 2 is 1.71 bits per heavy atom. The molecule has 0 radical (unpaired) electrons. The third-order valence-corrected chi connectivity index (χ3v) is 6.54. The van der Waals surface area contributed by atoms with Crippen LogP contribution in [0.25, 0.3) is 22.3 Å². The first-order chi connectivity index (χ1) is 19.7. The molecule has 208 valence electrons. The number of halogens is 2. The van der Waals surface area contributed by atoms with E-state index in [1.807, 2.05) is 0 Å². The van der Waals surface area contributed by atoms with E-state index in [0.29, 0.717) is 33.6 Å². The first kappa shape index (κ1) is 27.4. The molecule has 5 rings (SSSR count). The summed E-state index contributed by atoms with van der Waals surface area (Å²) in [6.07, 6.45) is 1.25. The minimum Gasteiger partial charge on any atom is -0.491 e. The molecule has 0 saturated carbocycles. The van der Waals surface area contributed by atoms with Crippen molar-refractivity contribution in [2.45, 2.75) is 13.3 Å². The fourth-order valence-corrected chi connectivity index (χ4v) is 4.36. The van der Waals surface area contributed by atoms with Crippen LogP contribution in [0.15, 0.2) is 65.6 Å². The van der Waals surface area contributed by atoms with E-state index >= 15 is 4.39 Å². The number of hydrogen-bond donors (Lipinski definition) is 0. The van der Waals surface area contributed by atoms with E-state index in [0.717, 1.165) is 0 Å². The van der Waals surface area contributed by atoms with Gasteiger partial charge in [-0.05, 0) is 48.9 Å². The molecule has 0 aliphatic carbocycles. The minimum atomic E-state index is -0.716. The van der Waals surface area contributed by atoms with Crippen LogP contribution in [-0.2, 0) is 13.5 Å². The summed E-state index contributed by atoms with van der Waals surface area (Å²) in [5, 5.41) is 4.26. The quantitative estimate of drug-likeness (QED) is 0.239. The van der Waals surface area contributed by atoms with Crippen molar-refractivity contribution in [3.8, 4) is 34.4 Å². The van der Waals surface area contributed by atoms with Crippen molar-refractivity contribution in [3.05, 3.63) is 99.5 Å². The number of aryl methyl sites for hydroxylation is 1. The summed E-state index contributed by atoms with van der Waals surface area (Å²) >= 11 is 0. The molecule has 5 aromatic rings. The van der Waals surface area contributed by atoms with E-state index in [-0.39, 0.29) is 35.1 Å². The molecule has 41 heavy (non-hydrogen) atoms. The lowest BCUT2D eigenvalue weighted by Gasteiger charge is -2.13. The number of pyridine rings is 2. The molecule has 9 nitrogen and oxygen atoms in total. The number of ketones is 1. The molecular formula is C30H24F2N4O5. The lowest BCUT2D eigenvalue weighted by Crippen LogP contribution is -2.26. The predicted molar refractivity (Wildman–Crippen MR) is 147 cm³/mol. The van der Waals surface area contributed by atoms with Gasteiger partial charge in [0.25, 0.3) is 5.88 Å². The van der Waals surface area contributed by atoms with Crippen LogP contribution in [0.2, 0.25) is 0 Å². The molecule has 0 bridgehead atoms. The van der Waals surface area contributed by atoms with Crippen molar-refractivity contribution in [2.75, 3.05) is 14.2 Å². The zero-order valence-corrected chi connectivity index (χ0v) is 22.6. The summed E-state index contributed by atoms with van der Waals surface area (Å²) in [5.41, 5.74) is 1.23. The summed E-state index contributed by atoms with van der Waals surface area (Å²) in [6, 6.07) is 12.5. The molecule has 3 heterocycles. The number of Topliss-reactive ketones (excluding diaryl/α,β-unsaturated/α-hetero) is 1. The first-order valence-electron chi connectivity index (χ1n) is 12.4. The standard InChI is InChI=1S/C30H24F2N4O5/c1-16-26(29(38)27(35-36(16)2)18-6-8-19(31)9-7-18)22(37)14-17-5-10-23(20(32)13-17)41-24-11-12-33-21-15-25(39-3)30(40-4)34-28(21)24/h5-13,15H,14H2,1-4H3. The van der Waals surface area contributed by atoms with Gasteiger partial charge in [-0.2, -0.15) is 5.10 Å². The average Bonchev–Trinajstić information content (AvgIpc) is 2.96. The maximum atomic E-state index is 15.2. The zero-order chi connectivity index (χ0) is 29.3. The second kappa shape index (κ2) is 11.1. The molecule has 0 saturated heterocycles. The lowest BCUT2D eigenvalue weighted by molar-refractivity contribution is 0.0990.